The zero-order chi connectivity index (χ0) is 13.4. The van der Waals surface area contributed by atoms with Gasteiger partial charge in [-0.1, -0.05) is 11.6 Å². The predicted molar refractivity (Wildman–Crippen MR) is 68.2 cm³/mol. The van der Waals surface area contributed by atoms with Crippen molar-refractivity contribution in [2.24, 2.45) is 0 Å². The molecule has 9 heteroatoms. The Kier molecular flexibility index (Phi) is 2.64. The van der Waals surface area contributed by atoms with E-state index in [2.05, 4.69) is 25.0 Å². The van der Waals surface area contributed by atoms with Crippen LogP contribution in [0.1, 0.15) is 5.69 Å². The maximum atomic E-state index is 5.96. The van der Waals surface area contributed by atoms with Crippen LogP contribution in [-0.2, 0) is 0 Å². The Morgan fingerprint density at radius 3 is 2.63 bits per heavy atom. The van der Waals surface area contributed by atoms with Gasteiger partial charge < -0.3 is 5.73 Å². The number of anilines is 1. The number of nitrogen functional groups attached to an aromatic ring is 1. The van der Waals surface area contributed by atoms with Gasteiger partial charge in [-0.15, -0.1) is 0 Å². The van der Waals surface area contributed by atoms with Crippen molar-refractivity contribution in [1.29, 1.82) is 0 Å². The van der Waals surface area contributed by atoms with Crippen LogP contribution >= 0.6 is 11.6 Å². The van der Waals surface area contributed by atoms with Gasteiger partial charge in [-0.25, -0.2) is 9.67 Å². The molecule has 0 bridgehead atoms. The van der Waals surface area contributed by atoms with Gasteiger partial charge >= 0.3 is 0 Å². The van der Waals surface area contributed by atoms with Crippen LogP contribution in [0.5, 0.6) is 0 Å². The summed E-state index contributed by atoms with van der Waals surface area (Å²) in [5.41, 5.74) is 6.36. The minimum atomic E-state index is 0.0953. The molecule has 0 saturated heterocycles. The molecule has 0 atom stereocenters. The van der Waals surface area contributed by atoms with Crippen molar-refractivity contribution in [1.82, 2.24) is 34.3 Å². The van der Waals surface area contributed by atoms with Crippen LogP contribution in [0.4, 0.5) is 5.95 Å². The lowest BCUT2D eigenvalue weighted by atomic mass is 10.5. The lowest BCUT2D eigenvalue weighted by Crippen LogP contribution is -2.10. The fourth-order valence-corrected chi connectivity index (χ4v) is 1.64. The number of hydrogen-bond donors (Lipinski definition) is 1. The summed E-state index contributed by atoms with van der Waals surface area (Å²) in [6.45, 7) is 1.79. The monoisotopic (exact) mass is 276 g/mol. The van der Waals surface area contributed by atoms with Crippen molar-refractivity contribution < 1.29 is 0 Å². The Balaban J connectivity index is 2.12. The zero-order valence-electron chi connectivity index (χ0n) is 9.90. The second kappa shape index (κ2) is 4.32. The predicted octanol–water partition coefficient (Wildman–Crippen LogP) is 0.787. The molecule has 0 fully saturated rings. The number of aromatic nitrogens is 7. The molecule has 3 rings (SSSR count). The Morgan fingerprint density at radius 1 is 1.21 bits per heavy atom. The third kappa shape index (κ3) is 2.13. The number of nitrogens with two attached hydrogens (primary N) is 1. The number of hydrogen-bond acceptors (Lipinski definition) is 6. The Bertz CT molecular complexity index is 698. The van der Waals surface area contributed by atoms with Crippen molar-refractivity contribution in [2.45, 2.75) is 6.92 Å². The molecule has 19 heavy (non-hydrogen) atoms. The van der Waals surface area contributed by atoms with Crippen LogP contribution in [0, 0.1) is 6.92 Å². The van der Waals surface area contributed by atoms with Crippen LogP contribution in [0.25, 0.3) is 11.9 Å². The Labute approximate surface area is 112 Å². The van der Waals surface area contributed by atoms with Crippen LogP contribution in [0.3, 0.4) is 0 Å². The molecule has 3 heterocycles. The van der Waals surface area contributed by atoms with E-state index in [1.54, 1.807) is 36.4 Å². The van der Waals surface area contributed by atoms with E-state index < -0.39 is 0 Å². The van der Waals surface area contributed by atoms with Gasteiger partial charge in [0.1, 0.15) is 6.33 Å². The van der Waals surface area contributed by atoms with Gasteiger partial charge in [-0.2, -0.15) is 20.1 Å². The largest absolute Gasteiger partial charge is 0.368 e. The third-order valence-electron chi connectivity index (χ3n) is 2.41. The first kappa shape index (κ1) is 11.6. The van der Waals surface area contributed by atoms with E-state index >= 15 is 0 Å². The van der Waals surface area contributed by atoms with E-state index in [0.717, 1.165) is 0 Å². The minimum Gasteiger partial charge on any atom is -0.368 e. The van der Waals surface area contributed by atoms with Crippen LogP contribution in [0.2, 0.25) is 5.02 Å². The molecule has 96 valence electrons. The average molecular weight is 277 g/mol. The van der Waals surface area contributed by atoms with Gasteiger partial charge in [-0.3, -0.25) is 4.57 Å². The topological polar surface area (TPSA) is 100 Å². The van der Waals surface area contributed by atoms with Gasteiger partial charge in [-0.05, 0) is 6.92 Å². The molecule has 8 nitrogen and oxygen atoms in total. The summed E-state index contributed by atoms with van der Waals surface area (Å²) in [7, 11) is 0. The molecule has 0 radical (unpaired) electrons. The fourth-order valence-electron chi connectivity index (χ4n) is 1.51. The molecule has 3 aromatic heterocycles. The van der Waals surface area contributed by atoms with Crippen molar-refractivity contribution >= 4 is 17.5 Å². The van der Waals surface area contributed by atoms with Crippen LogP contribution < -0.4 is 5.73 Å². The zero-order valence-corrected chi connectivity index (χ0v) is 10.7. The standard InChI is InChI=1S/C10H9ClN8/c1-6-7(11)4-19(17-6)10-15-8(12)14-9(16-10)18-3-2-13-5-18/h2-5H,1H3,(H2,12,14,15,16). The molecule has 0 aliphatic carbocycles. The third-order valence-corrected chi connectivity index (χ3v) is 2.78. The quantitative estimate of drug-likeness (QED) is 0.742. The number of rotatable bonds is 2. The summed E-state index contributed by atoms with van der Waals surface area (Å²) < 4.78 is 3.08. The van der Waals surface area contributed by atoms with E-state index in [0.29, 0.717) is 22.6 Å². The summed E-state index contributed by atoms with van der Waals surface area (Å²) in [5.74, 6) is 0.758. The average Bonchev–Trinajstić information content (AvgIpc) is 3.00. The van der Waals surface area contributed by atoms with E-state index in [4.69, 9.17) is 17.3 Å². The molecule has 2 N–H and O–H groups in total. The summed E-state index contributed by atoms with van der Waals surface area (Å²) >= 11 is 5.96. The molecule has 0 spiro atoms. The highest BCUT2D eigenvalue weighted by Crippen LogP contribution is 2.15. The summed E-state index contributed by atoms with van der Waals surface area (Å²) in [5, 5.41) is 4.73. The Hall–Kier alpha value is -2.48. The van der Waals surface area contributed by atoms with Crippen LogP contribution in [-0.4, -0.2) is 34.3 Å². The van der Waals surface area contributed by atoms with Gasteiger partial charge in [0.25, 0.3) is 5.95 Å². The van der Waals surface area contributed by atoms with E-state index in [-0.39, 0.29) is 5.95 Å². The molecule has 0 aliphatic rings. The molecule has 0 saturated carbocycles. The van der Waals surface area contributed by atoms with Crippen molar-refractivity contribution in [3.8, 4) is 11.9 Å². The minimum absolute atomic E-state index is 0.0953. The molecular formula is C10H9ClN8. The van der Waals surface area contributed by atoms with Gasteiger partial charge in [0, 0.05) is 12.4 Å². The second-order valence-corrected chi connectivity index (χ2v) is 4.18. The molecule has 0 aliphatic heterocycles. The molecule has 0 amide bonds. The first-order chi connectivity index (χ1) is 9.13. The van der Waals surface area contributed by atoms with Gasteiger partial charge in [0.05, 0.1) is 16.9 Å². The SMILES string of the molecule is Cc1nn(-c2nc(N)nc(-n3ccnc3)n2)cc1Cl. The number of imidazole rings is 1. The van der Waals surface area contributed by atoms with Crippen LogP contribution in [0.15, 0.2) is 24.9 Å². The summed E-state index contributed by atoms with van der Waals surface area (Å²) in [6.07, 6.45) is 6.51. The van der Waals surface area contributed by atoms with Gasteiger partial charge in [0.2, 0.25) is 11.9 Å². The second-order valence-electron chi connectivity index (χ2n) is 3.77. The maximum Gasteiger partial charge on any atom is 0.257 e. The molecule has 3 aromatic rings. The van der Waals surface area contributed by atoms with Crippen molar-refractivity contribution in [2.75, 3.05) is 5.73 Å². The number of nitrogens with zero attached hydrogens (tertiary/aromatic N) is 7. The first-order valence-electron chi connectivity index (χ1n) is 5.35. The summed E-state index contributed by atoms with van der Waals surface area (Å²) in [6, 6.07) is 0. The molecular weight excluding hydrogens is 268 g/mol. The van der Waals surface area contributed by atoms with E-state index in [1.807, 2.05) is 0 Å². The Morgan fingerprint density at radius 2 is 2.00 bits per heavy atom. The highest BCUT2D eigenvalue weighted by atomic mass is 35.5. The maximum absolute atomic E-state index is 5.96. The lowest BCUT2D eigenvalue weighted by Gasteiger charge is -2.04. The summed E-state index contributed by atoms with van der Waals surface area (Å²) in [4.78, 5) is 16.3. The van der Waals surface area contributed by atoms with Crippen molar-refractivity contribution in [3.05, 3.63) is 35.6 Å². The molecule has 0 unspecified atom stereocenters. The lowest BCUT2D eigenvalue weighted by molar-refractivity contribution is 0.770. The highest BCUT2D eigenvalue weighted by Gasteiger charge is 2.10. The van der Waals surface area contributed by atoms with E-state index in [9.17, 15) is 0 Å². The first-order valence-corrected chi connectivity index (χ1v) is 5.73. The smallest absolute Gasteiger partial charge is 0.257 e. The van der Waals surface area contributed by atoms with Crippen molar-refractivity contribution in [3.63, 3.8) is 0 Å². The highest BCUT2D eigenvalue weighted by molar-refractivity contribution is 6.31. The number of aryl methyl sites for hydroxylation is 1. The van der Waals surface area contributed by atoms with Gasteiger partial charge in [0.15, 0.2) is 0 Å². The normalized spacial score (nSPS) is 10.8. The van der Waals surface area contributed by atoms with E-state index in [1.165, 1.54) is 4.68 Å². The number of halogens is 1. The molecule has 0 aromatic carbocycles. The fraction of sp³-hybridized carbons (Fsp3) is 0.100.